The number of benzene rings is 1. The minimum atomic E-state index is -0.353. The Morgan fingerprint density at radius 1 is 1.12 bits per heavy atom. The first-order valence-electron chi connectivity index (χ1n) is 7.90. The van der Waals surface area contributed by atoms with E-state index in [-0.39, 0.29) is 5.91 Å². The lowest BCUT2D eigenvalue weighted by molar-refractivity contribution is 0.101. The second-order valence-corrected chi connectivity index (χ2v) is 6.91. The Bertz CT molecular complexity index is 963. The van der Waals surface area contributed by atoms with Gasteiger partial charge in [-0.05, 0) is 31.5 Å². The highest BCUT2D eigenvalue weighted by Gasteiger charge is 2.18. The fraction of sp³-hybridized carbons (Fsp3) is 0.235. The number of hydrogen-bond acceptors (Lipinski definition) is 3. The number of nitrogens with one attached hydrogen (secondary N) is 1. The van der Waals surface area contributed by atoms with Gasteiger partial charge in [-0.25, -0.2) is 0 Å². The number of anilines is 1. The number of aromatic nitrogens is 4. The Hall–Kier alpha value is -2.02. The fourth-order valence-electron chi connectivity index (χ4n) is 2.55. The monoisotopic (exact) mass is 411 g/mol. The minimum Gasteiger partial charge on any atom is -0.304 e. The van der Waals surface area contributed by atoms with Crippen molar-refractivity contribution in [2.45, 2.75) is 26.9 Å². The van der Waals surface area contributed by atoms with Gasteiger partial charge in [0.1, 0.15) is 5.69 Å². The van der Waals surface area contributed by atoms with Gasteiger partial charge in [0.05, 0.1) is 27.8 Å². The molecule has 0 atom stereocenters. The van der Waals surface area contributed by atoms with Crippen molar-refractivity contribution in [1.82, 2.24) is 19.6 Å². The van der Waals surface area contributed by atoms with Crippen molar-refractivity contribution in [2.75, 3.05) is 5.32 Å². The summed E-state index contributed by atoms with van der Waals surface area (Å²) in [5.41, 5.74) is 2.16. The molecule has 9 heteroatoms. The van der Waals surface area contributed by atoms with Crippen molar-refractivity contribution < 1.29 is 4.79 Å². The number of aryl methyl sites for hydroxylation is 2. The molecule has 0 spiro atoms. The van der Waals surface area contributed by atoms with Gasteiger partial charge >= 0.3 is 0 Å². The van der Waals surface area contributed by atoms with E-state index in [0.717, 1.165) is 11.3 Å². The van der Waals surface area contributed by atoms with Crippen LogP contribution >= 0.6 is 34.8 Å². The highest BCUT2D eigenvalue weighted by Crippen LogP contribution is 2.23. The van der Waals surface area contributed by atoms with Crippen molar-refractivity contribution in [1.29, 1.82) is 0 Å². The molecule has 3 rings (SSSR count). The van der Waals surface area contributed by atoms with Crippen LogP contribution in [0.15, 0.2) is 30.5 Å². The molecule has 0 aliphatic heterocycles. The smallest absolute Gasteiger partial charge is 0.276 e. The molecule has 0 bridgehead atoms. The quantitative estimate of drug-likeness (QED) is 0.662. The molecule has 0 radical (unpaired) electrons. The van der Waals surface area contributed by atoms with E-state index in [2.05, 4.69) is 15.5 Å². The Labute approximate surface area is 165 Å². The van der Waals surface area contributed by atoms with Gasteiger partial charge < -0.3 is 5.32 Å². The first kappa shape index (κ1) is 18.8. The van der Waals surface area contributed by atoms with E-state index in [1.807, 2.05) is 19.9 Å². The molecule has 26 heavy (non-hydrogen) atoms. The molecule has 2 heterocycles. The van der Waals surface area contributed by atoms with Crippen LogP contribution in [0.3, 0.4) is 0 Å². The number of nitrogens with zero attached hydrogens (tertiary/aromatic N) is 4. The van der Waals surface area contributed by atoms with E-state index in [1.165, 1.54) is 10.9 Å². The first-order chi connectivity index (χ1) is 12.4. The van der Waals surface area contributed by atoms with Gasteiger partial charge in [-0.3, -0.25) is 14.2 Å². The van der Waals surface area contributed by atoms with E-state index in [1.54, 1.807) is 22.9 Å². The summed E-state index contributed by atoms with van der Waals surface area (Å²) in [6, 6.07) is 7.21. The lowest BCUT2D eigenvalue weighted by Crippen LogP contribution is -2.18. The SMILES string of the molecule is CCn1ncc(Cl)c1C(=O)Nc1cc(C)n(Cc2ccc(Cl)c(Cl)c2)n1. The molecule has 136 valence electrons. The van der Waals surface area contributed by atoms with Gasteiger partial charge in [-0.15, -0.1) is 0 Å². The molecule has 0 aliphatic carbocycles. The molecular formula is C17H16Cl3N5O. The lowest BCUT2D eigenvalue weighted by Gasteiger charge is -2.06. The van der Waals surface area contributed by atoms with Crippen molar-refractivity contribution >= 4 is 46.5 Å². The number of rotatable bonds is 5. The average Bonchev–Trinajstić information content (AvgIpc) is 3.13. The number of carbonyl (C=O) groups is 1. The van der Waals surface area contributed by atoms with E-state index >= 15 is 0 Å². The maximum absolute atomic E-state index is 12.5. The summed E-state index contributed by atoms with van der Waals surface area (Å²) in [4.78, 5) is 12.5. The summed E-state index contributed by atoms with van der Waals surface area (Å²) in [7, 11) is 0. The van der Waals surface area contributed by atoms with Crippen LogP contribution < -0.4 is 5.32 Å². The maximum Gasteiger partial charge on any atom is 0.276 e. The maximum atomic E-state index is 12.5. The summed E-state index contributed by atoms with van der Waals surface area (Å²) in [6.45, 7) is 4.84. The summed E-state index contributed by atoms with van der Waals surface area (Å²) >= 11 is 18.1. The summed E-state index contributed by atoms with van der Waals surface area (Å²) < 4.78 is 3.31. The van der Waals surface area contributed by atoms with E-state index < -0.39 is 0 Å². The predicted molar refractivity (Wildman–Crippen MR) is 103 cm³/mol. The average molecular weight is 413 g/mol. The number of carbonyl (C=O) groups excluding carboxylic acids is 1. The van der Waals surface area contributed by atoms with Gasteiger partial charge in [0, 0.05) is 18.3 Å². The van der Waals surface area contributed by atoms with Crippen LogP contribution in [0, 0.1) is 6.92 Å². The molecule has 0 fully saturated rings. The standard InChI is InChI=1S/C17H16Cl3N5O/c1-3-24-16(14(20)8-21-24)17(26)22-15-6-10(2)25(23-15)9-11-4-5-12(18)13(19)7-11/h4-8H,3,9H2,1-2H3,(H,22,23,26). The largest absolute Gasteiger partial charge is 0.304 e. The van der Waals surface area contributed by atoms with Gasteiger partial charge in [0.15, 0.2) is 5.82 Å². The van der Waals surface area contributed by atoms with Gasteiger partial charge in [-0.1, -0.05) is 40.9 Å². The molecule has 0 aliphatic rings. The topological polar surface area (TPSA) is 64.7 Å². The van der Waals surface area contributed by atoms with Crippen LogP contribution in [0.5, 0.6) is 0 Å². The Balaban J connectivity index is 1.78. The molecular weight excluding hydrogens is 397 g/mol. The minimum absolute atomic E-state index is 0.302. The van der Waals surface area contributed by atoms with Gasteiger partial charge in [0.2, 0.25) is 0 Å². The predicted octanol–water partition coefficient (Wildman–Crippen LogP) is 4.67. The molecule has 0 saturated carbocycles. The third-order valence-electron chi connectivity index (χ3n) is 3.85. The Kier molecular flexibility index (Phi) is 5.55. The summed E-state index contributed by atoms with van der Waals surface area (Å²) in [5.74, 6) is 0.0843. The number of halogens is 3. The zero-order valence-electron chi connectivity index (χ0n) is 14.1. The third-order valence-corrected chi connectivity index (χ3v) is 4.86. The van der Waals surface area contributed by atoms with Gasteiger partial charge in [0.25, 0.3) is 5.91 Å². The normalized spacial score (nSPS) is 11.0. The third kappa shape index (κ3) is 3.87. The molecule has 2 aromatic heterocycles. The van der Waals surface area contributed by atoms with Crippen LogP contribution in [0.1, 0.15) is 28.7 Å². The van der Waals surface area contributed by atoms with E-state index in [4.69, 9.17) is 34.8 Å². The molecule has 1 aromatic carbocycles. The lowest BCUT2D eigenvalue weighted by atomic mass is 10.2. The fourth-order valence-corrected chi connectivity index (χ4v) is 3.09. The van der Waals surface area contributed by atoms with Crippen molar-refractivity contribution in [3.05, 3.63) is 62.5 Å². The number of amides is 1. The zero-order valence-corrected chi connectivity index (χ0v) is 16.4. The second-order valence-electron chi connectivity index (χ2n) is 5.69. The second kappa shape index (κ2) is 7.70. The van der Waals surface area contributed by atoms with Crippen LogP contribution in [0.2, 0.25) is 15.1 Å². The number of hydrogen-bond donors (Lipinski definition) is 1. The van der Waals surface area contributed by atoms with Crippen LogP contribution in [-0.4, -0.2) is 25.5 Å². The van der Waals surface area contributed by atoms with Crippen molar-refractivity contribution in [3.8, 4) is 0 Å². The van der Waals surface area contributed by atoms with E-state index in [0.29, 0.717) is 39.7 Å². The zero-order chi connectivity index (χ0) is 18.8. The highest BCUT2D eigenvalue weighted by atomic mass is 35.5. The van der Waals surface area contributed by atoms with Crippen molar-refractivity contribution in [3.63, 3.8) is 0 Å². The molecule has 0 saturated heterocycles. The summed E-state index contributed by atoms with van der Waals surface area (Å²) in [5, 5.41) is 12.6. The Morgan fingerprint density at radius 3 is 2.58 bits per heavy atom. The molecule has 6 nitrogen and oxygen atoms in total. The molecule has 3 aromatic rings. The van der Waals surface area contributed by atoms with Crippen LogP contribution in [0.4, 0.5) is 5.82 Å². The van der Waals surface area contributed by atoms with Crippen molar-refractivity contribution in [2.24, 2.45) is 0 Å². The van der Waals surface area contributed by atoms with E-state index in [9.17, 15) is 4.79 Å². The molecule has 1 N–H and O–H groups in total. The highest BCUT2D eigenvalue weighted by molar-refractivity contribution is 6.42. The van der Waals surface area contributed by atoms with Gasteiger partial charge in [-0.2, -0.15) is 10.2 Å². The molecule has 0 unspecified atom stereocenters. The molecule has 1 amide bonds. The first-order valence-corrected chi connectivity index (χ1v) is 9.03. The summed E-state index contributed by atoms with van der Waals surface area (Å²) in [6.07, 6.45) is 1.45. The van der Waals surface area contributed by atoms with Crippen LogP contribution in [-0.2, 0) is 13.1 Å². The van der Waals surface area contributed by atoms with Crippen LogP contribution in [0.25, 0.3) is 0 Å². The Morgan fingerprint density at radius 2 is 1.88 bits per heavy atom.